The van der Waals surface area contributed by atoms with E-state index >= 15 is 0 Å². The van der Waals surface area contributed by atoms with E-state index in [1.807, 2.05) is 48.9 Å². The van der Waals surface area contributed by atoms with Crippen LogP contribution in [0, 0.1) is 0 Å². The van der Waals surface area contributed by atoms with Gasteiger partial charge in [0, 0.05) is 26.8 Å². The van der Waals surface area contributed by atoms with E-state index in [0.717, 1.165) is 23.2 Å². The maximum Gasteiger partial charge on any atom is 0.328 e. The number of rotatable bonds is 8. The largest absolute Gasteiger partial charge is 0.483 e. The molecule has 4 aromatic rings. The number of imidazole rings is 1. The molecule has 34 heavy (non-hydrogen) atoms. The summed E-state index contributed by atoms with van der Waals surface area (Å²) in [6.45, 7) is 4.04. The molecule has 1 amide bonds. The van der Waals surface area contributed by atoms with Crippen molar-refractivity contribution in [3.05, 3.63) is 64.3 Å². The van der Waals surface area contributed by atoms with Crippen molar-refractivity contribution in [1.29, 1.82) is 0 Å². The minimum absolute atomic E-state index is 0.108. The van der Waals surface area contributed by atoms with Gasteiger partial charge in [0.15, 0.2) is 17.1 Å². The molecule has 0 aliphatic heterocycles. The number of amides is 1. The van der Waals surface area contributed by atoms with Crippen LogP contribution in [0.2, 0.25) is 0 Å². The predicted octanol–water partition coefficient (Wildman–Crippen LogP) is 3.44. The van der Waals surface area contributed by atoms with E-state index in [2.05, 4.69) is 22.4 Å². The Bertz CT molecular complexity index is 1390. The summed E-state index contributed by atoms with van der Waals surface area (Å²) < 4.78 is 11.0. The first kappa shape index (κ1) is 23.6. The summed E-state index contributed by atoms with van der Waals surface area (Å²) in [7, 11) is 5.30. The molecule has 0 aliphatic carbocycles. The van der Waals surface area contributed by atoms with Crippen LogP contribution >= 0.6 is 11.8 Å². The van der Waals surface area contributed by atoms with Crippen molar-refractivity contribution >= 4 is 34.4 Å². The van der Waals surface area contributed by atoms with Crippen molar-refractivity contribution in [3.8, 4) is 5.75 Å². The highest BCUT2D eigenvalue weighted by Crippen LogP contribution is 2.24. The number of fused-ring (bicyclic) bond motifs is 1. The van der Waals surface area contributed by atoms with Gasteiger partial charge in [0.2, 0.25) is 5.91 Å². The third kappa shape index (κ3) is 4.72. The Morgan fingerprint density at radius 3 is 2.44 bits per heavy atom. The van der Waals surface area contributed by atoms with Crippen LogP contribution in [0.25, 0.3) is 11.0 Å². The molecule has 2 heterocycles. The van der Waals surface area contributed by atoms with Crippen LogP contribution in [-0.2, 0) is 32.4 Å². The van der Waals surface area contributed by atoms with Crippen molar-refractivity contribution in [2.24, 2.45) is 21.1 Å². The molecule has 2 aromatic heterocycles. The second-order valence-corrected chi connectivity index (χ2v) is 9.04. The normalized spacial score (nSPS) is 12.1. The highest BCUT2D eigenvalue weighted by molar-refractivity contribution is 7.99. The maximum absolute atomic E-state index is 12.5. The van der Waals surface area contributed by atoms with Crippen LogP contribution in [0.5, 0.6) is 5.75 Å². The summed E-state index contributed by atoms with van der Waals surface area (Å²) >= 11 is 1.30. The second kappa shape index (κ2) is 9.76. The number of aromatic nitrogens is 5. The molecule has 0 aliphatic rings. The standard InChI is InChI=1S/C24H28N6O3S/c1-6-16-7-10-18(11-8-16)33-15(2)22-26-27-23(30(22)5)34-14-21(31)25-17-9-12-19-20(13-17)29(4)24(32)28(19)3/h7-13,15H,6,14H2,1-5H3,(H,25,31). The van der Waals surface area contributed by atoms with Gasteiger partial charge in [0.05, 0.1) is 16.8 Å². The molecular weight excluding hydrogens is 452 g/mol. The molecule has 1 atom stereocenters. The minimum atomic E-state index is -0.294. The molecule has 0 saturated heterocycles. The van der Waals surface area contributed by atoms with Gasteiger partial charge in [0.25, 0.3) is 0 Å². The molecule has 1 N–H and O–H groups in total. The molecule has 1 unspecified atom stereocenters. The zero-order chi connectivity index (χ0) is 24.4. The number of carbonyl (C=O) groups is 1. The van der Waals surface area contributed by atoms with E-state index in [1.54, 1.807) is 35.4 Å². The molecule has 0 radical (unpaired) electrons. The Morgan fingerprint density at radius 2 is 1.74 bits per heavy atom. The monoisotopic (exact) mass is 480 g/mol. The van der Waals surface area contributed by atoms with Gasteiger partial charge in [-0.1, -0.05) is 30.8 Å². The molecule has 0 spiro atoms. The van der Waals surface area contributed by atoms with Gasteiger partial charge in [-0.05, 0) is 49.2 Å². The highest BCUT2D eigenvalue weighted by atomic mass is 32.2. The highest BCUT2D eigenvalue weighted by Gasteiger charge is 2.18. The van der Waals surface area contributed by atoms with Crippen LogP contribution in [0.3, 0.4) is 0 Å². The lowest BCUT2D eigenvalue weighted by Crippen LogP contribution is -2.19. The summed E-state index contributed by atoms with van der Waals surface area (Å²) in [6.07, 6.45) is 0.686. The van der Waals surface area contributed by atoms with E-state index < -0.39 is 0 Å². The molecule has 2 aromatic carbocycles. The average Bonchev–Trinajstić information content (AvgIpc) is 3.30. The Labute approximate surface area is 201 Å². The van der Waals surface area contributed by atoms with Crippen LogP contribution in [-0.4, -0.2) is 35.6 Å². The van der Waals surface area contributed by atoms with Gasteiger partial charge in [-0.2, -0.15) is 0 Å². The number of carbonyl (C=O) groups excluding carboxylic acids is 1. The van der Waals surface area contributed by atoms with E-state index in [9.17, 15) is 9.59 Å². The topological polar surface area (TPSA) is 96.0 Å². The molecule has 178 valence electrons. The van der Waals surface area contributed by atoms with Gasteiger partial charge in [-0.15, -0.1) is 10.2 Å². The fraction of sp³-hybridized carbons (Fsp3) is 0.333. The van der Waals surface area contributed by atoms with E-state index in [1.165, 1.54) is 17.3 Å². The fourth-order valence-electron chi connectivity index (χ4n) is 3.78. The summed E-state index contributed by atoms with van der Waals surface area (Å²) in [6, 6.07) is 13.4. The van der Waals surface area contributed by atoms with Crippen LogP contribution in [0.1, 0.15) is 31.3 Å². The number of nitrogens with zero attached hydrogens (tertiary/aromatic N) is 5. The molecule has 0 fully saturated rings. The Morgan fingerprint density at radius 1 is 1.03 bits per heavy atom. The van der Waals surface area contributed by atoms with Gasteiger partial charge < -0.3 is 14.6 Å². The molecule has 9 nitrogen and oxygen atoms in total. The third-order valence-electron chi connectivity index (χ3n) is 5.76. The first-order chi connectivity index (χ1) is 16.3. The summed E-state index contributed by atoms with van der Waals surface area (Å²) in [5, 5.41) is 12.0. The van der Waals surface area contributed by atoms with Crippen molar-refractivity contribution in [2.45, 2.75) is 31.5 Å². The van der Waals surface area contributed by atoms with E-state index in [4.69, 9.17) is 4.74 Å². The van der Waals surface area contributed by atoms with Gasteiger partial charge in [0.1, 0.15) is 5.75 Å². The smallest absolute Gasteiger partial charge is 0.328 e. The van der Waals surface area contributed by atoms with Crippen LogP contribution in [0.15, 0.2) is 52.4 Å². The van der Waals surface area contributed by atoms with Gasteiger partial charge in [-0.25, -0.2) is 4.79 Å². The lowest BCUT2D eigenvalue weighted by Gasteiger charge is -2.14. The maximum atomic E-state index is 12.5. The first-order valence-corrected chi connectivity index (χ1v) is 12.0. The first-order valence-electron chi connectivity index (χ1n) is 11.0. The van der Waals surface area contributed by atoms with E-state index in [-0.39, 0.29) is 23.5 Å². The van der Waals surface area contributed by atoms with E-state index in [0.29, 0.717) is 16.7 Å². The number of benzene rings is 2. The number of aryl methyl sites for hydroxylation is 3. The lowest BCUT2D eigenvalue weighted by atomic mass is 10.2. The lowest BCUT2D eigenvalue weighted by molar-refractivity contribution is -0.113. The Hall–Kier alpha value is -3.53. The number of thioether (sulfide) groups is 1. The van der Waals surface area contributed by atoms with Crippen LogP contribution < -0.4 is 15.7 Å². The number of hydrogen-bond donors (Lipinski definition) is 1. The second-order valence-electron chi connectivity index (χ2n) is 8.10. The average molecular weight is 481 g/mol. The van der Waals surface area contributed by atoms with Crippen molar-refractivity contribution in [3.63, 3.8) is 0 Å². The zero-order valence-corrected chi connectivity index (χ0v) is 20.7. The quantitative estimate of drug-likeness (QED) is 0.388. The summed E-state index contributed by atoms with van der Waals surface area (Å²) in [4.78, 5) is 24.6. The third-order valence-corrected chi connectivity index (χ3v) is 6.78. The SMILES string of the molecule is CCc1ccc(OC(C)c2nnc(SCC(=O)Nc3ccc4c(c3)n(C)c(=O)n4C)n2C)cc1. The fourth-order valence-corrected chi connectivity index (χ4v) is 4.50. The number of anilines is 1. The van der Waals surface area contributed by atoms with Gasteiger partial charge >= 0.3 is 5.69 Å². The Kier molecular flexibility index (Phi) is 6.78. The Balaban J connectivity index is 1.37. The molecule has 0 bridgehead atoms. The zero-order valence-electron chi connectivity index (χ0n) is 19.9. The van der Waals surface area contributed by atoms with Crippen molar-refractivity contribution < 1.29 is 9.53 Å². The van der Waals surface area contributed by atoms with Crippen molar-refractivity contribution in [1.82, 2.24) is 23.9 Å². The molecule has 10 heteroatoms. The number of hydrogen-bond acceptors (Lipinski definition) is 6. The number of nitrogens with one attached hydrogen (secondary N) is 1. The minimum Gasteiger partial charge on any atom is -0.483 e. The predicted molar refractivity (Wildman–Crippen MR) is 133 cm³/mol. The summed E-state index contributed by atoms with van der Waals surface area (Å²) in [5.41, 5.74) is 3.35. The molecular formula is C24H28N6O3S. The van der Waals surface area contributed by atoms with Crippen LogP contribution in [0.4, 0.5) is 5.69 Å². The number of ether oxygens (including phenoxy) is 1. The summed E-state index contributed by atoms with van der Waals surface area (Å²) in [5.74, 6) is 1.45. The molecule has 4 rings (SSSR count). The van der Waals surface area contributed by atoms with Crippen molar-refractivity contribution in [2.75, 3.05) is 11.1 Å². The molecule has 0 saturated carbocycles. The van der Waals surface area contributed by atoms with Gasteiger partial charge in [-0.3, -0.25) is 13.9 Å².